The van der Waals surface area contributed by atoms with Crippen molar-refractivity contribution in [1.82, 2.24) is 5.32 Å². The van der Waals surface area contributed by atoms with Gasteiger partial charge in [-0.15, -0.1) is 0 Å². The summed E-state index contributed by atoms with van der Waals surface area (Å²) < 4.78 is 4.73. The molecule has 0 aliphatic heterocycles. The summed E-state index contributed by atoms with van der Waals surface area (Å²) in [5.41, 5.74) is 0.573. The molecule has 0 aromatic heterocycles. The number of rotatable bonds is 8. The maximum atomic E-state index is 11.8. The minimum absolute atomic E-state index is 0.00953. The van der Waals surface area contributed by atoms with Crippen LogP contribution in [0.25, 0.3) is 0 Å². The molecule has 1 rings (SSSR count). The van der Waals surface area contributed by atoms with Gasteiger partial charge in [0, 0.05) is 24.9 Å². The Morgan fingerprint density at radius 2 is 1.86 bits per heavy atom. The summed E-state index contributed by atoms with van der Waals surface area (Å²) in [5.74, 6) is -0.946. The first kappa shape index (κ1) is 17.4. The molecule has 0 unspecified atom stereocenters. The number of amides is 1. The number of hydrogen-bond acceptors (Lipinski definition) is 5. The van der Waals surface area contributed by atoms with Gasteiger partial charge in [0.25, 0.3) is 0 Å². The van der Waals surface area contributed by atoms with Crippen LogP contribution in [-0.2, 0) is 14.3 Å². The molecule has 0 aliphatic rings. The maximum Gasteiger partial charge on any atom is 0.308 e. The van der Waals surface area contributed by atoms with E-state index in [2.05, 4.69) is 5.32 Å². The Bertz CT molecular complexity index is 563. The molecule has 0 aliphatic carbocycles. The Morgan fingerprint density at radius 1 is 1.18 bits per heavy atom. The second kappa shape index (κ2) is 9.29. The molecule has 0 radical (unpaired) electrons. The van der Waals surface area contributed by atoms with Gasteiger partial charge < -0.3 is 10.1 Å². The fourth-order valence-corrected chi connectivity index (χ4v) is 1.67. The van der Waals surface area contributed by atoms with Crippen molar-refractivity contribution >= 4 is 17.7 Å². The number of Topliss-reactive ketones (excluding diaryl/α,β-unsaturated/α-hetero) is 1. The molecular formula is C16H18N2O4. The van der Waals surface area contributed by atoms with Crippen molar-refractivity contribution in [1.29, 1.82) is 5.26 Å². The predicted octanol–water partition coefficient (Wildman–Crippen LogP) is 1.61. The van der Waals surface area contributed by atoms with Crippen molar-refractivity contribution in [3.63, 3.8) is 0 Å². The number of benzene rings is 1. The SMILES string of the molecule is C[C@H](C#N)OC(=O)CCNC(=O)CCC(=O)c1ccccc1. The van der Waals surface area contributed by atoms with Gasteiger partial charge in [-0.1, -0.05) is 30.3 Å². The third kappa shape index (κ3) is 6.66. The van der Waals surface area contributed by atoms with Crippen LogP contribution in [0.5, 0.6) is 0 Å². The third-order valence-electron chi connectivity index (χ3n) is 2.82. The fraction of sp³-hybridized carbons (Fsp3) is 0.375. The molecule has 0 saturated carbocycles. The summed E-state index contributed by atoms with van der Waals surface area (Å²) in [4.78, 5) is 34.6. The zero-order chi connectivity index (χ0) is 16.4. The Labute approximate surface area is 129 Å². The number of nitriles is 1. The van der Waals surface area contributed by atoms with Crippen LogP contribution in [0.15, 0.2) is 30.3 Å². The topological polar surface area (TPSA) is 96.3 Å². The third-order valence-corrected chi connectivity index (χ3v) is 2.82. The molecule has 1 aromatic carbocycles. The molecule has 116 valence electrons. The van der Waals surface area contributed by atoms with Gasteiger partial charge in [-0.3, -0.25) is 14.4 Å². The van der Waals surface area contributed by atoms with Crippen molar-refractivity contribution in [2.45, 2.75) is 32.3 Å². The molecular weight excluding hydrogens is 284 g/mol. The Morgan fingerprint density at radius 3 is 2.50 bits per heavy atom. The number of hydrogen-bond donors (Lipinski definition) is 1. The number of esters is 1. The summed E-state index contributed by atoms with van der Waals surface area (Å²) in [7, 11) is 0. The monoisotopic (exact) mass is 302 g/mol. The summed E-state index contributed by atoms with van der Waals surface area (Å²) >= 11 is 0. The van der Waals surface area contributed by atoms with Crippen molar-refractivity contribution in [2.75, 3.05) is 6.54 Å². The quantitative estimate of drug-likeness (QED) is 0.581. The molecule has 0 bridgehead atoms. The van der Waals surface area contributed by atoms with E-state index in [-0.39, 0.29) is 37.5 Å². The van der Waals surface area contributed by atoms with Crippen LogP contribution < -0.4 is 5.32 Å². The highest BCUT2D eigenvalue weighted by molar-refractivity contribution is 5.97. The molecule has 1 atom stereocenters. The summed E-state index contributed by atoms with van der Waals surface area (Å²) in [6.45, 7) is 1.58. The number of ether oxygens (including phenoxy) is 1. The van der Waals surface area contributed by atoms with Crippen molar-refractivity contribution in [2.24, 2.45) is 0 Å². The lowest BCUT2D eigenvalue weighted by Gasteiger charge is -2.07. The minimum Gasteiger partial charge on any atom is -0.447 e. The Balaban J connectivity index is 2.20. The van der Waals surface area contributed by atoms with Gasteiger partial charge in [0.05, 0.1) is 6.42 Å². The van der Waals surface area contributed by atoms with E-state index in [0.29, 0.717) is 5.56 Å². The summed E-state index contributed by atoms with van der Waals surface area (Å²) in [6, 6.07) is 10.5. The fourth-order valence-electron chi connectivity index (χ4n) is 1.67. The summed E-state index contributed by atoms with van der Waals surface area (Å²) in [5, 5.41) is 11.0. The van der Waals surface area contributed by atoms with Crippen LogP contribution in [0.1, 0.15) is 36.5 Å². The number of carbonyl (C=O) groups excluding carboxylic acids is 3. The standard InChI is InChI=1S/C16H18N2O4/c1-12(11-17)22-16(21)9-10-18-15(20)8-7-14(19)13-5-3-2-4-6-13/h2-6,12H,7-10H2,1H3,(H,18,20)/t12-/m1/s1. The van der Waals surface area contributed by atoms with E-state index >= 15 is 0 Å². The van der Waals surface area contributed by atoms with Crippen LogP contribution in [0.3, 0.4) is 0 Å². The highest BCUT2D eigenvalue weighted by atomic mass is 16.5. The first-order valence-electron chi connectivity index (χ1n) is 6.97. The summed E-state index contributed by atoms with van der Waals surface area (Å²) in [6.07, 6.45) is -0.625. The van der Waals surface area contributed by atoms with Gasteiger partial charge in [-0.25, -0.2) is 0 Å². The Hall–Kier alpha value is -2.68. The van der Waals surface area contributed by atoms with E-state index in [1.54, 1.807) is 30.3 Å². The lowest BCUT2D eigenvalue weighted by molar-refractivity contribution is -0.145. The zero-order valence-electron chi connectivity index (χ0n) is 12.4. The first-order chi connectivity index (χ1) is 10.5. The average molecular weight is 302 g/mol. The van der Waals surface area contributed by atoms with Crippen molar-refractivity contribution in [3.8, 4) is 6.07 Å². The van der Waals surface area contributed by atoms with E-state index in [0.717, 1.165) is 0 Å². The zero-order valence-corrected chi connectivity index (χ0v) is 12.4. The highest BCUT2D eigenvalue weighted by Crippen LogP contribution is 2.04. The van der Waals surface area contributed by atoms with E-state index in [1.165, 1.54) is 6.92 Å². The molecule has 0 saturated heterocycles. The normalized spacial score (nSPS) is 11.1. The number of nitrogens with one attached hydrogen (secondary N) is 1. The number of nitrogens with zero attached hydrogens (tertiary/aromatic N) is 1. The molecule has 6 nitrogen and oxygen atoms in total. The largest absolute Gasteiger partial charge is 0.447 e. The molecule has 1 aromatic rings. The van der Waals surface area contributed by atoms with Crippen molar-refractivity contribution in [3.05, 3.63) is 35.9 Å². The van der Waals surface area contributed by atoms with Crippen LogP contribution >= 0.6 is 0 Å². The minimum atomic E-state index is -0.799. The molecule has 22 heavy (non-hydrogen) atoms. The molecule has 0 fully saturated rings. The smallest absolute Gasteiger partial charge is 0.308 e. The number of carbonyl (C=O) groups is 3. The van der Waals surface area contributed by atoms with Crippen LogP contribution in [0.2, 0.25) is 0 Å². The second-order valence-corrected chi connectivity index (χ2v) is 4.65. The van der Waals surface area contributed by atoms with E-state index in [9.17, 15) is 14.4 Å². The lowest BCUT2D eigenvalue weighted by atomic mass is 10.1. The predicted molar refractivity (Wildman–Crippen MR) is 78.8 cm³/mol. The van der Waals surface area contributed by atoms with Gasteiger partial charge in [-0.2, -0.15) is 5.26 Å². The number of ketones is 1. The van der Waals surface area contributed by atoms with Crippen molar-refractivity contribution < 1.29 is 19.1 Å². The highest BCUT2D eigenvalue weighted by Gasteiger charge is 2.11. The lowest BCUT2D eigenvalue weighted by Crippen LogP contribution is -2.27. The van der Waals surface area contributed by atoms with Crippen LogP contribution in [0, 0.1) is 11.3 Å². The van der Waals surface area contributed by atoms with Gasteiger partial charge >= 0.3 is 5.97 Å². The van der Waals surface area contributed by atoms with E-state index in [4.69, 9.17) is 10.00 Å². The van der Waals surface area contributed by atoms with Crippen LogP contribution in [-0.4, -0.2) is 30.3 Å². The molecule has 0 spiro atoms. The first-order valence-corrected chi connectivity index (χ1v) is 6.97. The van der Waals surface area contributed by atoms with Crippen LogP contribution in [0.4, 0.5) is 0 Å². The van der Waals surface area contributed by atoms with Gasteiger partial charge in [0.15, 0.2) is 11.9 Å². The van der Waals surface area contributed by atoms with Gasteiger partial charge in [0.1, 0.15) is 6.07 Å². The van der Waals surface area contributed by atoms with Gasteiger partial charge in [0.2, 0.25) is 5.91 Å². The second-order valence-electron chi connectivity index (χ2n) is 4.65. The Kier molecular flexibility index (Phi) is 7.34. The molecule has 6 heteroatoms. The molecule has 1 N–H and O–H groups in total. The molecule has 1 amide bonds. The van der Waals surface area contributed by atoms with E-state index < -0.39 is 12.1 Å². The van der Waals surface area contributed by atoms with E-state index in [1.807, 2.05) is 6.07 Å². The average Bonchev–Trinajstić information content (AvgIpc) is 2.53. The molecule has 0 heterocycles. The van der Waals surface area contributed by atoms with Gasteiger partial charge in [-0.05, 0) is 6.92 Å². The maximum absolute atomic E-state index is 11.8.